The molecule has 0 bridgehead atoms. The highest BCUT2D eigenvalue weighted by molar-refractivity contribution is 5.88. The molecule has 0 saturated carbocycles. The number of aliphatic hydroxyl groups excluding tert-OH is 7. The first-order valence-corrected chi connectivity index (χ1v) is 13.3. The SMILES string of the molecule is O=c1c(O[C@@H]2O[C@H](CO[C@@H]3O[C@H](CO)[C@H](O)[C@H](O)[C@H]3O)[C@H](O)[C@H](O)[C@H]2O)c(-c2cc(O)c(O)c(O)c2)oc2cc(O)cc(O)c12. The maximum atomic E-state index is 13.6. The predicted octanol–water partition coefficient (Wildman–Crippen LogP) is -3.01. The average molecular weight is 643 g/mol. The summed E-state index contributed by atoms with van der Waals surface area (Å²) < 4.78 is 27.5. The summed E-state index contributed by atoms with van der Waals surface area (Å²) in [4.78, 5) is 13.6. The van der Waals surface area contributed by atoms with Crippen LogP contribution in [0, 0.1) is 0 Å². The lowest BCUT2D eigenvalue weighted by Crippen LogP contribution is -2.62. The maximum Gasteiger partial charge on any atom is 0.239 e. The van der Waals surface area contributed by atoms with Crippen LogP contribution < -0.4 is 10.2 Å². The van der Waals surface area contributed by atoms with Gasteiger partial charge in [0, 0.05) is 17.7 Å². The second kappa shape index (κ2) is 12.4. The minimum Gasteiger partial charge on any atom is -0.508 e. The third kappa shape index (κ3) is 5.91. The average Bonchev–Trinajstić information content (AvgIpc) is 2.99. The fraction of sp³-hybridized carbons (Fsp3) is 0.444. The Morgan fingerprint density at radius 3 is 1.89 bits per heavy atom. The molecule has 0 spiro atoms. The van der Waals surface area contributed by atoms with Crippen LogP contribution in [0.5, 0.6) is 34.5 Å². The standard InChI is InChI=1S/C27H30O18/c28-5-13-17(34)20(37)22(39)26(43-13)41-6-14-18(35)21(38)23(40)27(44-14)45-25-19(36)15-9(30)3-8(29)4-12(15)42-24(25)7-1-10(31)16(33)11(32)2-7/h1-4,13-14,17-18,20-23,26-35,37-40H,5-6H2/t13-,14-,17+,18+,20+,21+,22-,23-,26-,27+/m1/s1. The van der Waals surface area contributed by atoms with Crippen molar-refractivity contribution in [3.05, 3.63) is 34.5 Å². The second-order valence-corrected chi connectivity index (χ2v) is 10.5. The Morgan fingerprint density at radius 1 is 0.689 bits per heavy atom. The summed E-state index contributed by atoms with van der Waals surface area (Å²) in [6.07, 6.45) is -17.8. The van der Waals surface area contributed by atoms with Crippen molar-refractivity contribution >= 4 is 11.0 Å². The van der Waals surface area contributed by atoms with Crippen molar-refractivity contribution < 1.29 is 84.6 Å². The molecular formula is C27H30O18. The summed E-state index contributed by atoms with van der Waals surface area (Å²) in [6.45, 7) is -1.47. The molecule has 0 aliphatic carbocycles. The number of aromatic hydroxyl groups is 5. The fourth-order valence-electron chi connectivity index (χ4n) is 4.96. The largest absolute Gasteiger partial charge is 0.508 e. The Bertz CT molecular complexity index is 1580. The third-order valence-corrected chi connectivity index (χ3v) is 7.43. The lowest BCUT2D eigenvalue weighted by atomic mass is 9.98. The van der Waals surface area contributed by atoms with Gasteiger partial charge in [0.05, 0.1) is 13.2 Å². The van der Waals surface area contributed by atoms with Crippen molar-refractivity contribution in [1.29, 1.82) is 0 Å². The molecule has 0 amide bonds. The first-order chi connectivity index (χ1) is 21.2. The molecule has 2 aliphatic rings. The molecule has 0 radical (unpaired) electrons. The summed E-state index contributed by atoms with van der Waals surface area (Å²) in [6, 6.07) is 3.51. The van der Waals surface area contributed by atoms with E-state index in [1.807, 2.05) is 0 Å². The van der Waals surface area contributed by atoms with Crippen molar-refractivity contribution in [2.24, 2.45) is 0 Å². The topological polar surface area (TPSA) is 310 Å². The number of benzene rings is 2. The van der Waals surface area contributed by atoms with Crippen molar-refractivity contribution in [2.45, 2.75) is 61.4 Å². The summed E-state index contributed by atoms with van der Waals surface area (Å²) >= 11 is 0. The summed E-state index contributed by atoms with van der Waals surface area (Å²) in [5.41, 5.74) is -1.80. The Kier molecular flexibility index (Phi) is 8.97. The molecule has 3 heterocycles. The molecule has 3 aromatic rings. The van der Waals surface area contributed by atoms with Gasteiger partial charge in [-0.1, -0.05) is 0 Å². The van der Waals surface area contributed by atoms with Crippen LogP contribution >= 0.6 is 0 Å². The van der Waals surface area contributed by atoms with Crippen molar-refractivity contribution in [1.82, 2.24) is 0 Å². The number of hydrogen-bond acceptors (Lipinski definition) is 18. The molecule has 2 aliphatic heterocycles. The first-order valence-electron chi connectivity index (χ1n) is 13.3. The Labute approximate surface area is 250 Å². The van der Waals surface area contributed by atoms with Gasteiger partial charge < -0.3 is 84.6 Å². The highest BCUT2D eigenvalue weighted by Crippen LogP contribution is 2.43. The monoisotopic (exact) mass is 642 g/mol. The van der Waals surface area contributed by atoms with E-state index < -0.39 is 131 Å². The molecule has 246 valence electrons. The molecule has 2 saturated heterocycles. The van der Waals surface area contributed by atoms with Gasteiger partial charge in [-0.2, -0.15) is 0 Å². The van der Waals surface area contributed by atoms with Gasteiger partial charge in [-0.25, -0.2) is 0 Å². The van der Waals surface area contributed by atoms with E-state index in [4.69, 9.17) is 23.4 Å². The number of rotatable bonds is 7. The third-order valence-electron chi connectivity index (χ3n) is 7.43. The van der Waals surface area contributed by atoms with Gasteiger partial charge in [0.15, 0.2) is 29.3 Å². The van der Waals surface area contributed by atoms with E-state index >= 15 is 0 Å². The van der Waals surface area contributed by atoms with Crippen molar-refractivity contribution in [3.8, 4) is 45.8 Å². The van der Waals surface area contributed by atoms with Gasteiger partial charge >= 0.3 is 0 Å². The van der Waals surface area contributed by atoms with Crippen LogP contribution in [0.25, 0.3) is 22.3 Å². The first kappa shape index (κ1) is 32.4. The molecule has 10 atom stereocenters. The number of hydrogen-bond donors (Lipinski definition) is 12. The van der Waals surface area contributed by atoms with E-state index in [2.05, 4.69) is 0 Å². The molecule has 2 aromatic carbocycles. The summed E-state index contributed by atoms with van der Waals surface area (Å²) in [7, 11) is 0. The molecular weight excluding hydrogens is 612 g/mol. The number of phenolic OH excluding ortho intramolecular Hbond substituents is 5. The van der Waals surface area contributed by atoms with Crippen LogP contribution in [0.3, 0.4) is 0 Å². The molecule has 1 aromatic heterocycles. The van der Waals surface area contributed by atoms with Gasteiger partial charge in [-0.3, -0.25) is 4.79 Å². The Hall–Kier alpha value is -3.95. The van der Waals surface area contributed by atoms with E-state index in [0.717, 1.165) is 24.3 Å². The van der Waals surface area contributed by atoms with Crippen LogP contribution in [0.4, 0.5) is 0 Å². The van der Waals surface area contributed by atoms with Gasteiger partial charge in [-0.15, -0.1) is 0 Å². The maximum absolute atomic E-state index is 13.6. The molecule has 18 heteroatoms. The zero-order valence-corrected chi connectivity index (χ0v) is 22.8. The molecule has 12 N–H and O–H groups in total. The predicted molar refractivity (Wildman–Crippen MR) is 143 cm³/mol. The molecule has 0 unspecified atom stereocenters. The quantitative estimate of drug-likeness (QED) is 0.114. The van der Waals surface area contributed by atoms with Gasteiger partial charge in [0.1, 0.15) is 71.3 Å². The minimum absolute atomic E-state index is 0.284. The number of phenols is 5. The molecule has 45 heavy (non-hydrogen) atoms. The minimum atomic E-state index is -2.05. The summed E-state index contributed by atoms with van der Waals surface area (Å²) in [5, 5.41) is 121. The second-order valence-electron chi connectivity index (χ2n) is 10.5. The Morgan fingerprint density at radius 2 is 1.27 bits per heavy atom. The number of ether oxygens (including phenoxy) is 4. The van der Waals surface area contributed by atoms with Crippen LogP contribution in [0.15, 0.2) is 33.5 Å². The zero-order valence-electron chi connectivity index (χ0n) is 22.8. The lowest BCUT2D eigenvalue weighted by molar-refractivity contribution is -0.323. The number of aliphatic hydroxyl groups is 7. The highest BCUT2D eigenvalue weighted by atomic mass is 16.7. The van der Waals surface area contributed by atoms with Gasteiger partial charge in [0.25, 0.3) is 0 Å². The van der Waals surface area contributed by atoms with Crippen LogP contribution in [-0.2, 0) is 14.2 Å². The van der Waals surface area contributed by atoms with Crippen LogP contribution in [0.2, 0.25) is 0 Å². The molecule has 2 fully saturated rings. The molecule has 18 nitrogen and oxygen atoms in total. The lowest BCUT2D eigenvalue weighted by Gasteiger charge is -2.42. The van der Waals surface area contributed by atoms with Crippen LogP contribution in [0.1, 0.15) is 0 Å². The van der Waals surface area contributed by atoms with E-state index in [1.54, 1.807) is 0 Å². The van der Waals surface area contributed by atoms with Gasteiger partial charge in [-0.05, 0) is 12.1 Å². The van der Waals surface area contributed by atoms with Crippen molar-refractivity contribution in [2.75, 3.05) is 13.2 Å². The summed E-state index contributed by atoms with van der Waals surface area (Å²) in [5.74, 6) is -5.28. The smallest absolute Gasteiger partial charge is 0.239 e. The van der Waals surface area contributed by atoms with Crippen LogP contribution in [-0.4, -0.2) is 136 Å². The number of fused-ring (bicyclic) bond motifs is 1. The Balaban J connectivity index is 1.49. The van der Waals surface area contributed by atoms with E-state index in [0.29, 0.717) is 0 Å². The fourth-order valence-corrected chi connectivity index (χ4v) is 4.96. The zero-order chi connectivity index (χ0) is 32.9. The molecule has 5 rings (SSSR count). The van der Waals surface area contributed by atoms with Gasteiger partial charge in [0.2, 0.25) is 17.5 Å². The van der Waals surface area contributed by atoms with E-state index in [-0.39, 0.29) is 5.56 Å². The highest BCUT2D eigenvalue weighted by Gasteiger charge is 2.48. The van der Waals surface area contributed by atoms with E-state index in [1.165, 1.54) is 0 Å². The van der Waals surface area contributed by atoms with Crippen molar-refractivity contribution in [3.63, 3.8) is 0 Å². The van der Waals surface area contributed by atoms with E-state index in [9.17, 15) is 66.1 Å². The normalized spacial score (nSPS) is 32.1.